The highest BCUT2D eigenvalue weighted by Crippen LogP contribution is 2.25. The van der Waals surface area contributed by atoms with Crippen molar-refractivity contribution in [1.29, 1.82) is 0 Å². The van der Waals surface area contributed by atoms with Crippen LogP contribution in [0.15, 0.2) is 48.8 Å². The van der Waals surface area contributed by atoms with E-state index in [0.717, 1.165) is 44.6 Å². The van der Waals surface area contributed by atoms with Gasteiger partial charge in [-0.25, -0.2) is 9.37 Å². The van der Waals surface area contributed by atoms with Crippen molar-refractivity contribution >= 4 is 34.7 Å². The molecule has 0 unspecified atom stereocenters. The number of nitrogens with zero attached hydrogens (tertiary/aromatic N) is 3. The van der Waals surface area contributed by atoms with Crippen LogP contribution in [-0.2, 0) is 0 Å². The molecule has 2 aromatic heterocycles. The first kappa shape index (κ1) is 22.8. The Morgan fingerprint density at radius 1 is 0.943 bits per heavy atom. The normalized spacial score (nSPS) is 15.1. The van der Waals surface area contributed by atoms with Crippen molar-refractivity contribution in [2.75, 3.05) is 33.9 Å². The number of carbonyl (C=O) groups is 2. The summed E-state index contributed by atoms with van der Waals surface area (Å²) in [4.78, 5) is 36.4. The van der Waals surface area contributed by atoms with Gasteiger partial charge in [0.2, 0.25) is 0 Å². The van der Waals surface area contributed by atoms with Crippen molar-refractivity contribution in [3.8, 4) is 0 Å². The Morgan fingerprint density at radius 2 is 1.69 bits per heavy atom. The van der Waals surface area contributed by atoms with Gasteiger partial charge in [0.05, 0.1) is 35.0 Å². The molecular formula is C26H27FN6O2. The van der Waals surface area contributed by atoms with Gasteiger partial charge in [-0.1, -0.05) is 0 Å². The summed E-state index contributed by atoms with van der Waals surface area (Å²) in [5.74, 6) is -0.519. The predicted molar refractivity (Wildman–Crippen MR) is 134 cm³/mol. The number of rotatable bonds is 7. The third-order valence-corrected chi connectivity index (χ3v) is 6.16. The molecule has 3 aromatic rings. The maximum Gasteiger partial charge on any atom is 0.257 e. The number of benzene rings is 1. The second kappa shape index (κ2) is 9.69. The fourth-order valence-corrected chi connectivity index (χ4v) is 4.09. The minimum absolute atomic E-state index is 0.212. The van der Waals surface area contributed by atoms with Gasteiger partial charge >= 0.3 is 0 Å². The zero-order chi connectivity index (χ0) is 24.4. The maximum atomic E-state index is 14.2. The van der Waals surface area contributed by atoms with E-state index in [4.69, 9.17) is 0 Å². The Hall–Kier alpha value is -4.01. The van der Waals surface area contributed by atoms with Crippen molar-refractivity contribution in [2.24, 2.45) is 0 Å². The summed E-state index contributed by atoms with van der Waals surface area (Å²) in [6.45, 7) is 3.41. The molecule has 1 saturated heterocycles. The number of hydrogen-bond acceptors (Lipinski definition) is 6. The van der Waals surface area contributed by atoms with E-state index in [9.17, 15) is 14.0 Å². The number of amides is 2. The molecule has 0 bridgehead atoms. The standard InChI is InChI=1S/C26H27FN6O2/c1-16-23(26(35)31-20-6-7-24(29-14-20)30-19-4-5-19)13-21(15-28-16)32-25(34)17-10-18(27)12-22(11-17)33-8-2-3-9-33/h6-7,10-15,19H,2-5,8-9H2,1H3,(H,29,30)(H,31,35)(H,32,34). The lowest BCUT2D eigenvalue weighted by atomic mass is 10.1. The van der Waals surface area contributed by atoms with Crippen LogP contribution in [0.5, 0.6) is 0 Å². The van der Waals surface area contributed by atoms with E-state index in [1.807, 2.05) is 6.07 Å². The van der Waals surface area contributed by atoms with Crippen LogP contribution in [-0.4, -0.2) is 40.9 Å². The molecule has 8 nitrogen and oxygen atoms in total. The van der Waals surface area contributed by atoms with Crippen LogP contribution >= 0.6 is 0 Å². The summed E-state index contributed by atoms with van der Waals surface area (Å²) in [7, 11) is 0. The second-order valence-corrected chi connectivity index (χ2v) is 9.01. The summed E-state index contributed by atoms with van der Waals surface area (Å²) >= 11 is 0. The van der Waals surface area contributed by atoms with Crippen LogP contribution in [0, 0.1) is 12.7 Å². The van der Waals surface area contributed by atoms with Crippen molar-refractivity contribution < 1.29 is 14.0 Å². The smallest absolute Gasteiger partial charge is 0.257 e. The van der Waals surface area contributed by atoms with E-state index in [1.54, 1.807) is 31.3 Å². The highest BCUT2D eigenvalue weighted by molar-refractivity contribution is 6.08. The second-order valence-electron chi connectivity index (χ2n) is 9.01. The number of carbonyl (C=O) groups excluding carboxylic acids is 2. The first-order chi connectivity index (χ1) is 16.9. The number of anilines is 4. The Morgan fingerprint density at radius 3 is 2.40 bits per heavy atom. The summed E-state index contributed by atoms with van der Waals surface area (Å²) in [6, 6.07) is 10.0. The van der Waals surface area contributed by atoms with Crippen molar-refractivity contribution in [1.82, 2.24) is 9.97 Å². The number of hydrogen-bond donors (Lipinski definition) is 3. The molecule has 0 radical (unpaired) electrons. The van der Waals surface area contributed by atoms with Gasteiger partial charge in [-0.15, -0.1) is 0 Å². The van der Waals surface area contributed by atoms with Crippen LogP contribution in [0.4, 0.5) is 27.3 Å². The average molecular weight is 475 g/mol. The molecule has 2 aliphatic rings. The number of aromatic nitrogens is 2. The van der Waals surface area contributed by atoms with Gasteiger partial charge in [0.1, 0.15) is 11.6 Å². The van der Waals surface area contributed by atoms with Crippen molar-refractivity contribution in [2.45, 2.75) is 38.6 Å². The zero-order valence-corrected chi connectivity index (χ0v) is 19.5. The molecule has 180 valence electrons. The molecule has 3 N–H and O–H groups in total. The third kappa shape index (κ3) is 5.56. The quantitative estimate of drug-likeness (QED) is 0.463. The molecule has 35 heavy (non-hydrogen) atoms. The molecule has 1 aliphatic heterocycles. The molecule has 0 spiro atoms. The molecule has 9 heteroatoms. The van der Waals surface area contributed by atoms with Gasteiger partial charge in [0.25, 0.3) is 11.8 Å². The lowest BCUT2D eigenvalue weighted by Crippen LogP contribution is -2.20. The van der Waals surface area contributed by atoms with E-state index in [1.165, 1.54) is 18.3 Å². The van der Waals surface area contributed by atoms with Crippen LogP contribution in [0.2, 0.25) is 0 Å². The molecule has 5 rings (SSSR count). The molecule has 0 atom stereocenters. The largest absolute Gasteiger partial charge is 0.371 e. The van der Waals surface area contributed by atoms with Crippen LogP contribution < -0.4 is 20.9 Å². The van der Waals surface area contributed by atoms with Crippen LogP contribution in [0.3, 0.4) is 0 Å². The van der Waals surface area contributed by atoms with Crippen molar-refractivity contribution in [3.63, 3.8) is 0 Å². The van der Waals surface area contributed by atoms with E-state index >= 15 is 0 Å². The molecule has 2 fully saturated rings. The van der Waals surface area contributed by atoms with Gasteiger partial charge in [-0.3, -0.25) is 14.6 Å². The Bertz CT molecular complexity index is 1250. The first-order valence-electron chi connectivity index (χ1n) is 11.8. The molecule has 1 saturated carbocycles. The summed E-state index contributed by atoms with van der Waals surface area (Å²) in [6.07, 6.45) is 7.48. The molecule has 2 amide bonds. The topological polar surface area (TPSA) is 99.2 Å². The van der Waals surface area contributed by atoms with E-state index in [2.05, 4.69) is 30.8 Å². The fraction of sp³-hybridized carbons (Fsp3) is 0.308. The first-order valence-corrected chi connectivity index (χ1v) is 11.8. The number of pyridine rings is 2. The minimum Gasteiger partial charge on any atom is -0.371 e. The lowest BCUT2D eigenvalue weighted by Gasteiger charge is -2.18. The van der Waals surface area contributed by atoms with E-state index in [0.29, 0.717) is 34.4 Å². The lowest BCUT2D eigenvalue weighted by molar-refractivity contribution is 0.101. The summed E-state index contributed by atoms with van der Waals surface area (Å²) < 4.78 is 14.2. The summed E-state index contributed by atoms with van der Waals surface area (Å²) in [5.41, 5.74) is 2.65. The zero-order valence-electron chi connectivity index (χ0n) is 19.5. The van der Waals surface area contributed by atoms with Gasteiger partial charge in [-0.2, -0.15) is 0 Å². The number of nitrogens with one attached hydrogen (secondary N) is 3. The molecule has 1 aromatic carbocycles. The minimum atomic E-state index is -0.468. The van der Waals surface area contributed by atoms with Crippen LogP contribution in [0.1, 0.15) is 52.1 Å². The van der Waals surface area contributed by atoms with Gasteiger partial charge in [0, 0.05) is 30.4 Å². The van der Waals surface area contributed by atoms with Gasteiger partial charge < -0.3 is 20.9 Å². The van der Waals surface area contributed by atoms with Crippen molar-refractivity contribution in [3.05, 3.63) is 71.4 Å². The van der Waals surface area contributed by atoms with Gasteiger partial charge in [-0.05, 0) is 69.0 Å². The molecular weight excluding hydrogens is 447 g/mol. The SMILES string of the molecule is Cc1ncc(NC(=O)c2cc(F)cc(N3CCCC3)c2)cc1C(=O)Nc1ccc(NC2CC2)nc1. The third-order valence-electron chi connectivity index (χ3n) is 6.16. The predicted octanol–water partition coefficient (Wildman–Crippen LogP) is 4.60. The Balaban J connectivity index is 1.28. The number of halogens is 1. The van der Waals surface area contributed by atoms with Crippen LogP contribution in [0.25, 0.3) is 0 Å². The molecule has 3 heterocycles. The average Bonchev–Trinajstić information content (AvgIpc) is 3.48. The van der Waals surface area contributed by atoms with E-state index in [-0.39, 0.29) is 11.5 Å². The maximum absolute atomic E-state index is 14.2. The monoisotopic (exact) mass is 474 g/mol. The fourth-order valence-electron chi connectivity index (χ4n) is 4.09. The Kier molecular flexibility index (Phi) is 6.31. The highest BCUT2D eigenvalue weighted by Gasteiger charge is 2.21. The van der Waals surface area contributed by atoms with Gasteiger partial charge in [0.15, 0.2) is 0 Å². The molecule has 1 aliphatic carbocycles. The highest BCUT2D eigenvalue weighted by atomic mass is 19.1. The number of aryl methyl sites for hydroxylation is 1. The summed E-state index contributed by atoms with van der Waals surface area (Å²) in [5, 5.41) is 8.85. The van der Waals surface area contributed by atoms with E-state index < -0.39 is 11.7 Å². The Labute approximate surface area is 203 Å².